The lowest BCUT2D eigenvalue weighted by molar-refractivity contribution is 0.102. The second kappa shape index (κ2) is 6.32. The van der Waals surface area contributed by atoms with Crippen LogP contribution in [0.4, 0.5) is 5.69 Å². The fraction of sp³-hybridized carbons (Fsp3) is 0. The van der Waals surface area contributed by atoms with E-state index < -0.39 is 0 Å². The van der Waals surface area contributed by atoms with Gasteiger partial charge in [0.05, 0.1) is 22.1 Å². The molecule has 1 aromatic heterocycles. The molecule has 0 spiro atoms. The molecule has 0 aliphatic heterocycles. The number of phenolic OH excluding ortho intramolecular Hbond substituents is 1. The maximum Gasteiger partial charge on any atom is 0.255 e. The molecule has 5 aromatic rings. The average Bonchev–Trinajstić information content (AvgIpc) is 2.72. The van der Waals surface area contributed by atoms with E-state index in [-0.39, 0.29) is 11.7 Å². The van der Waals surface area contributed by atoms with Crippen molar-refractivity contribution < 1.29 is 9.90 Å². The molecule has 0 radical (unpaired) electrons. The number of nitrogens with one attached hydrogen (secondary N) is 1. The lowest BCUT2D eigenvalue weighted by Crippen LogP contribution is -2.12. The van der Waals surface area contributed by atoms with Gasteiger partial charge in [-0.25, -0.2) is 9.97 Å². The van der Waals surface area contributed by atoms with Crippen LogP contribution in [0.1, 0.15) is 10.4 Å². The molecular formula is C23H15N3O2. The van der Waals surface area contributed by atoms with E-state index in [1.807, 2.05) is 42.5 Å². The van der Waals surface area contributed by atoms with Crippen LogP contribution in [-0.4, -0.2) is 21.0 Å². The van der Waals surface area contributed by atoms with Crippen LogP contribution in [0.5, 0.6) is 5.75 Å². The lowest BCUT2D eigenvalue weighted by Gasteiger charge is -2.10. The van der Waals surface area contributed by atoms with Gasteiger partial charge >= 0.3 is 0 Å². The van der Waals surface area contributed by atoms with Crippen molar-refractivity contribution in [2.24, 2.45) is 0 Å². The Kier molecular flexibility index (Phi) is 3.66. The van der Waals surface area contributed by atoms with Gasteiger partial charge in [-0.3, -0.25) is 4.79 Å². The van der Waals surface area contributed by atoms with Gasteiger partial charge in [-0.15, -0.1) is 0 Å². The quantitative estimate of drug-likeness (QED) is 0.437. The molecule has 0 bridgehead atoms. The summed E-state index contributed by atoms with van der Waals surface area (Å²) in [6.45, 7) is 0. The summed E-state index contributed by atoms with van der Waals surface area (Å²) in [5.74, 6) is -0.0610. The molecule has 5 heteroatoms. The molecule has 5 rings (SSSR count). The van der Waals surface area contributed by atoms with E-state index in [4.69, 9.17) is 0 Å². The van der Waals surface area contributed by atoms with Gasteiger partial charge in [0.2, 0.25) is 0 Å². The first-order chi connectivity index (χ1) is 13.7. The monoisotopic (exact) mass is 365 g/mol. The topological polar surface area (TPSA) is 75.1 Å². The number of hydrogen-bond acceptors (Lipinski definition) is 4. The van der Waals surface area contributed by atoms with E-state index in [1.165, 1.54) is 0 Å². The first-order valence-electron chi connectivity index (χ1n) is 8.88. The summed E-state index contributed by atoms with van der Waals surface area (Å²) >= 11 is 0. The highest BCUT2D eigenvalue weighted by Gasteiger charge is 2.11. The minimum absolute atomic E-state index is 0.182. The zero-order chi connectivity index (χ0) is 19.1. The molecule has 134 valence electrons. The molecule has 0 saturated carbocycles. The summed E-state index contributed by atoms with van der Waals surface area (Å²) in [6.07, 6.45) is 0. The molecule has 0 fully saturated rings. The van der Waals surface area contributed by atoms with Crippen LogP contribution in [0, 0.1) is 0 Å². The molecule has 5 nitrogen and oxygen atoms in total. The molecule has 2 N–H and O–H groups in total. The predicted octanol–water partition coefficient (Wildman–Crippen LogP) is 4.89. The third-order valence-corrected chi connectivity index (χ3v) is 4.75. The second-order valence-corrected chi connectivity index (χ2v) is 6.55. The Balaban J connectivity index is 1.54. The van der Waals surface area contributed by atoms with Gasteiger partial charge in [0.25, 0.3) is 5.91 Å². The van der Waals surface area contributed by atoms with Gasteiger partial charge in [0.15, 0.2) is 0 Å². The number of aromatic hydroxyl groups is 1. The highest BCUT2D eigenvalue weighted by molar-refractivity contribution is 6.11. The summed E-state index contributed by atoms with van der Waals surface area (Å²) < 4.78 is 0. The summed E-state index contributed by atoms with van der Waals surface area (Å²) in [6, 6.07) is 23.6. The van der Waals surface area contributed by atoms with E-state index in [0.29, 0.717) is 22.2 Å². The molecule has 0 aliphatic rings. The van der Waals surface area contributed by atoms with Crippen molar-refractivity contribution in [2.45, 2.75) is 0 Å². The zero-order valence-corrected chi connectivity index (χ0v) is 14.8. The molecule has 4 aromatic carbocycles. The van der Waals surface area contributed by atoms with Gasteiger partial charge < -0.3 is 10.4 Å². The Hall–Kier alpha value is -3.99. The SMILES string of the molecule is O=C(Nc1cccc2c(O)cccc12)c1ccc2nc3ccccc3nc2c1. The molecule has 0 atom stereocenters. The van der Waals surface area contributed by atoms with E-state index in [9.17, 15) is 9.90 Å². The number of aromatic nitrogens is 2. The lowest BCUT2D eigenvalue weighted by atomic mass is 10.1. The molecular weight excluding hydrogens is 350 g/mol. The maximum atomic E-state index is 12.8. The van der Waals surface area contributed by atoms with Gasteiger partial charge in [-0.1, -0.05) is 36.4 Å². The number of nitrogens with zero attached hydrogens (tertiary/aromatic N) is 2. The van der Waals surface area contributed by atoms with Gasteiger partial charge in [0.1, 0.15) is 5.75 Å². The first-order valence-corrected chi connectivity index (χ1v) is 8.88. The van der Waals surface area contributed by atoms with Crippen LogP contribution in [0.3, 0.4) is 0 Å². The van der Waals surface area contributed by atoms with Crippen LogP contribution in [0.2, 0.25) is 0 Å². The Labute approximate surface area is 160 Å². The summed E-state index contributed by atoms with van der Waals surface area (Å²) in [4.78, 5) is 22.0. The molecule has 28 heavy (non-hydrogen) atoms. The maximum absolute atomic E-state index is 12.8. The third kappa shape index (κ3) is 2.70. The number of carbonyl (C=O) groups is 1. The van der Waals surface area contributed by atoms with Gasteiger partial charge in [-0.2, -0.15) is 0 Å². The second-order valence-electron chi connectivity index (χ2n) is 6.55. The minimum Gasteiger partial charge on any atom is -0.507 e. The number of hydrogen-bond donors (Lipinski definition) is 2. The number of amides is 1. The van der Waals surface area contributed by atoms with E-state index >= 15 is 0 Å². The van der Waals surface area contributed by atoms with Crippen LogP contribution >= 0.6 is 0 Å². The Bertz CT molecular complexity index is 1380. The van der Waals surface area contributed by atoms with Gasteiger partial charge in [-0.05, 0) is 42.5 Å². The largest absolute Gasteiger partial charge is 0.507 e. The minimum atomic E-state index is -0.243. The van der Waals surface area contributed by atoms with Crippen LogP contribution in [0.15, 0.2) is 78.9 Å². The number of rotatable bonds is 2. The van der Waals surface area contributed by atoms with Crippen molar-refractivity contribution in [3.63, 3.8) is 0 Å². The number of phenols is 1. The summed E-state index contributed by atoms with van der Waals surface area (Å²) in [5.41, 5.74) is 4.16. The van der Waals surface area contributed by atoms with Crippen molar-refractivity contribution in [1.29, 1.82) is 0 Å². The first kappa shape index (κ1) is 16.2. The molecule has 0 saturated heterocycles. The van der Waals surface area contributed by atoms with Crippen molar-refractivity contribution in [2.75, 3.05) is 5.32 Å². The fourth-order valence-electron chi connectivity index (χ4n) is 3.36. The van der Waals surface area contributed by atoms with Crippen molar-refractivity contribution in [3.8, 4) is 5.75 Å². The van der Waals surface area contributed by atoms with Crippen LogP contribution in [0.25, 0.3) is 32.8 Å². The normalized spacial score (nSPS) is 11.1. The number of carbonyl (C=O) groups excluding carboxylic acids is 1. The molecule has 1 heterocycles. The average molecular weight is 365 g/mol. The van der Waals surface area contributed by atoms with Crippen molar-refractivity contribution in [3.05, 3.63) is 84.4 Å². The van der Waals surface area contributed by atoms with Crippen LogP contribution in [-0.2, 0) is 0 Å². The summed E-state index contributed by atoms with van der Waals surface area (Å²) in [5, 5.41) is 14.4. The van der Waals surface area contributed by atoms with E-state index in [2.05, 4.69) is 15.3 Å². The van der Waals surface area contributed by atoms with Crippen molar-refractivity contribution in [1.82, 2.24) is 9.97 Å². The highest BCUT2D eigenvalue weighted by Crippen LogP contribution is 2.30. The summed E-state index contributed by atoms with van der Waals surface area (Å²) in [7, 11) is 0. The number of para-hydroxylation sites is 2. The zero-order valence-electron chi connectivity index (χ0n) is 14.8. The smallest absolute Gasteiger partial charge is 0.255 e. The standard InChI is InChI=1S/C23H15N3O2/c27-22-10-4-5-15-16(22)6-3-9-17(15)26-23(28)14-11-12-20-21(13-14)25-19-8-2-1-7-18(19)24-20/h1-13,27H,(H,26,28). The number of benzene rings is 4. The fourth-order valence-corrected chi connectivity index (χ4v) is 3.36. The number of fused-ring (bicyclic) bond motifs is 3. The third-order valence-electron chi connectivity index (χ3n) is 4.75. The Morgan fingerprint density at radius 2 is 1.39 bits per heavy atom. The molecule has 0 unspecified atom stereocenters. The van der Waals surface area contributed by atoms with E-state index in [0.717, 1.165) is 21.9 Å². The molecule has 0 aliphatic carbocycles. The number of anilines is 1. The van der Waals surface area contributed by atoms with Crippen LogP contribution < -0.4 is 5.32 Å². The highest BCUT2D eigenvalue weighted by atomic mass is 16.3. The van der Waals surface area contributed by atoms with Crippen molar-refractivity contribution >= 4 is 44.4 Å². The Morgan fingerprint density at radius 1 is 0.714 bits per heavy atom. The molecule has 1 amide bonds. The predicted molar refractivity (Wildman–Crippen MR) is 111 cm³/mol. The Morgan fingerprint density at radius 3 is 2.21 bits per heavy atom. The van der Waals surface area contributed by atoms with Gasteiger partial charge in [0, 0.05) is 22.0 Å². The van der Waals surface area contributed by atoms with E-state index in [1.54, 1.807) is 36.4 Å².